The molecule has 2 amide bonds. The van der Waals surface area contributed by atoms with Crippen molar-refractivity contribution in [2.24, 2.45) is 7.05 Å². The number of amides is 2. The molecule has 2 aromatic carbocycles. The highest BCUT2D eigenvalue weighted by atomic mass is 32.2. The molecule has 0 aliphatic heterocycles. The molecule has 0 spiro atoms. The fourth-order valence-electron chi connectivity index (χ4n) is 2.81. The number of carbonyl (C=O) groups is 2. The minimum Gasteiger partial charge on any atom is -0.326 e. The van der Waals surface area contributed by atoms with Gasteiger partial charge in [-0.3, -0.25) is 9.59 Å². The van der Waals surface area contributed by atoms with Crippen molar-refractivity contribution in [3.8, 4) is 11.4 Å². The number of nitrogens with one attached hydrogen (secondary N) is 3. The molecule has 1 heterocycles. The van der Waals surface area contributed by atoms with E-state index in [4.69, 9.17) is 0 Å². The summed E-state index contributed by atoms with van der Waals surface area (Å²) in [4.78, 5) is 23.6. The lowest BCUT2D eigenvalue weighted by Crippen LogP contribution is -2.41. The van der Waals surface area contributed by atoms with E-state index in [0.717, 1.165) is 5.56 Å². The number of carbonyl (C=O) groups excluding carboxylic acids is 2. The highest BCUT2D eigenvalue weighted by molar-refractivity contribution is 7.89. The zero-order valence-electron chi connectivity index (χ0n) is 17.2. The Morgan fingerprint density at radius 2 is 1.74 bits per heavy atom. The van der Waals surface area contributed by atoms with E-state index < -0.39 is 22.0 Å². The third kappa shape index (κ3) is 5.53. The lowest BCUT2D eigenvalue weighted by molar-refractivity contribution is -0.117. The minimum absolute atomic E-state index is 0.0227. The number of nitrogens with zero attached hydrogens (tertiary/aromatic N) is 3. The van der Waals surface area contributed by atoms with Gasteiger partial charge < -0.3 is 15.2 Å². The second kappa shape index (κ2) is 9.06. The van der Waals surface area contributed by atoms with Crippen molar-refractivity contribution in [2.45, 2.75) is 24.8 Å². The Labute approximate surface area is 179 Å². The number of rotatable bonds is 7. The van der Waals surface area contributed by atoms with E-state index >= 15 is 0 Å². The summed E-state index contributed by atoms with van der Waals surface area (Å²) in [6.07, 6.45) is 1.57. The molecule has 0 unspecified atom stereocenters. The van der Waals surface area contributed by atoms with Crippen LogP contribution in [0.3, 0.4) is 0 Å². The van der Waals surface area contributed by atoms with Gasteiger partial charge in [-0.15, -0.1) is 10.2 Å². The second-order valence-corrected chi connectivity index (χ2v) is 8.60. The zero-order valence-corrected chi connectivity index (χ0v) is 18.0. The van der Waals surface area contributed by atoms with E-state index in [9.17, 15) is 18.0 Å². The van der Waals surface area contributed by atoms with E-state index in [1.807, 2.05) is 6.07 Å². The molecule has 0 aliphatic carbocycles. The maximum atomic E-state index is 12.6. The summed E-state index contributed by atoms with van der Waals surface area (Å²) in [6.45, 7) is 2.81. The predicted octanol–water partition coefficient (Wildman–Crippen LogP) is 1.75. The van der Waals surface area contributed by atoms with Gasteiger partial charge in [-0.25, -0.2) is 8.42 Å². The third-order valence-corrected chi connectivity index (χ3v) is 5.87. The average Bonchev–Trinajstić information content (AvgIpc) is 3.13. The molecule has 31 heavy (non-hydrogen) atoms. The summed E-state index contributed by atoms with van der Waals surface area (Å²) in [5.41, 5.74) is 1.72. The molecule has 0 saturated carbocycles. The van der Waals surface area contributed by atoms with Gasteiger partial charge in [0.1, 0.15) is 6.33 Å². The van der Waals surface area contributed by atoms with Crippen LogP contribution in [0.15, 0.2) is 59.8 Å². The standard InChI is InChI=1S/C20H22N6O4S/c1-13(25-31(29,30)18-9-7-16(8-10-18)22-14(2)27)20(28)23-17-6-4-5-15(11-17)19-24-21-12-26(19)3/h4-13,25H,1-3H3,(H,22,27)(H,23,28)/t13-/m0/s1. The van der Waals surface area contributed by atoms with Gasteiger partial charge in [0.15, 0.2) is 5.82 Å². The Balaban J connectivity index is 1.67. The summed E-state index contributed by atoms with van der Waals surface area (Å²) in [5.74, 6) is -0.150. The third-order valence-electron chi connectivity index (χ3n) is 4.31. The van der Waals surface area contributed by atoms with Crippen LogP contribution < -0.4 is 15.4 Å². The van der Waals surface area contributed by atoms with Crippen LogP contribution in [0.25, 0.3) is 11.4 Å². The number of anilines is 2. The van der Waals surface area contributed by atoms with Gasteiger partial charge in [-0.05, 0) is 43.3 Å². The van der Waals surface area contributed by atoms with Gasteiger partial charge in [0, 0.05) is 30.9 Å². The van der Waals surface area contributed by atoms with Gasteiger partial charge in [0.25, 0.3) is 0 Å². The molecule has 0 aliphatic rings. The lowest BCUT2D eigenvalue weighted by Gasteiger charge is -2.15. The number of sulfonamides is 1. The largest absolute Gasteiger partial charge is 0.326 e. The normalized spacial score (nSPS) is 12.2. The Morgan fingerprint density at radius 1 is 1.03 bits per heavy atom. The molecule has 11 heteroatoms. The Kier molecular flexibility index (Phi) is 6.47. The molecule has 0 fully saturated rings. The quantitative estimate of drug-likeness (QED) is 0.510. The first-order valence-corrected chi connectivity index (χ1v) is 10.8. The zero-order chi connectivity index (χ0) is 22.6. The van der Waals surface area contributed by atoms with Crippen molar-refractivity contribution in [2.75, 3.05) is 10.6 Å². The highest BCUT2D eigenvalue weighted by Crippen LogP contribution is 2.20. The Morgan fingerprint density at radius 3 is 2.35 bits per heavy atom. The van der Waals surface area contributed by atoms with Crippen molar-refractivity contribution in [1.82, 2.24) is 19.5 Å². The summed E-state index contributed by atoms with van der Waals surface area (Å²) in [5, 5.41) is 13.1. The van der Waals surface area contributed by atoms with Gasteiger partial charge in [-0.2, -0.15) is 4.72 Å². The maximum Gasteiger partial charge on any atom is 0.242 e. The highest BCUT2D eigenvalue weighted by Gasteiger charge is 2.22. The van der Waals surface area contributed by atoms with Crippen LogP contribution in [0.2, 0.25) is 0 Å². The molecule has 3 aromatic rings. The molecule has 3 rings (SSSR count). The molecular weight excluding hydrogens is 420 g/mol. The number of aryl methyl sites for hydroxylation is 1. The van der Waals surface area contributed by atoms with Crippen molar-refractivity contribution in [1.29, 1.82) is 0 Å². The van der Waals surface area contributed by atoms with Crippen LogP contribution in [0, 0.1) is 0 Å². The van der Waals surface area contributed by atoms with Gasteiger partial charge in [0.2, 0.25) is 21.8 Å². The SMILES string of the molecule is CC(=O)Nc1ccc(S(=O)(=O)N[C@@H](C)C(=O)Nc2cccc(-c3nncn3C)c2)cc1. The fraction of sp³-hybridized carbons (Fsp3) is 0.200. The number of hydrogen-bond donors (Lipinski definition) is 3. The number of hydrogen-bond acceptors (Lipinski definition) is 6. The molecule has 1 aromatic heterocycles. The second-order valence-electron chi connectivity index (χ2n) is 6.88. The van der Waals surface area contributed by atoms with Crippen LogP contribution >= 0.6 is 0 Å². The predicted molar refractivity (Wildman–Crippen MR) is 116 cm³/mol. The van der Waals surface area contributed by atoms with Crippen molar-refractivity contribution < 1.29 is 18.0 Å². The first-order valence-electron chi connectivity index (χ1n) is 9.31. The van der Waals surface area contributed by atoms with Crippen molar-refractivity contribution >= 4 is 33.2 Å². The van der Waals surface area contributed by atoms with Crippen LogP contribution in [0.1, 0.15) is 13.8 Å². The number of benzene rings is 2. The van der Waals surface area contributed by atoms with Gasteiger partial charge >= 0.3 is 0 Å². The van der Waals surface area contributed by atoms with Crippen LogP contribution in [-0.2, 0) is 26.7 Å². The fourth-order valence-corrected chi connectivity index (χ4v) is 4.01. The van der Waals surface area contributed by atoms with Crippen molar-refractivity contribution in [3.63, 3.8) is 0 Å². The molecule has 10 nitrogen and oxygen atoms in total. The van der Waals surface area contributed by atoms with E-state index in [1.165, 1.54) is 38.1 Å². The topological polar surface area (TPSA) is 135 Å². The summed E-state index contributed by atoms with van der Waals surface area (Å²) in [6, 6.07) is 11.6. The molecule has 0 saturated heterocycles. The first kappa shape index (κ1) is 22.1. The molecule has 0 bridgehead atoms. The van der Waals surface area contributed by atoms with Gasteiger partial charge in [-0.1, -0.05) is 12.1 Å². The maximum absolute atomic E-state index is 12.6. The summed E-state index contributed by atoms with van der Waals surface area (Å²) < 4.78 is 29.3. The van der Waals surface area contributed by atoms with Gasteiger partial charge in [0.05, 0.1) is 10.9 Å². The van der Waals surface area contributed by atoms with E-state index in [0.29, 0.717) is 17.2 Å². The minimum atomic E-state index is -3.94. The Hall–Kier alpha value is -3.57. The molecule has 0 radical (unpaired) electrons. The molecule has 162 valence electrons. The molecular formula is C20H22N6O4S. The monoisotopic (exact) mass is 442 g/mol. The lowest BCUT2D eigenvalue weighted by atomic mass is 10.2. The first-order chi connectivity index (χ1) is 14.7. The van der Waals surface area contributed by atoms with Crippen LogP contribution in [0.4, 0.5) is 11.4 Å². The number of aromatic nitrogens is 3. The Bertz CT molecular complexity index is 1200. The van der Waals surface area contributed by atoms with Crippen molar-refractivity contribution in [3.05, 3.63) is 54.9 Å². The smallest absolute Gasteiger partial charge is 0.242 e. The van der Waals surface area contributed by atoms with Crippen LogP contribution in [0.5, 0.6) is 0 Å². The summed E-state index contributed by atoms with van der Waals surface area (Å²) >= 11 is 0. The van der Waals surface area contributed by atoms with E-state index in [1.54, 1.807) is 36.1 Å². The molecule has 3 N–H and O–H groups in total. The average molecular weight is 443 g/mol. The van der Waals surface area contributed by atoms with Crippen LogP contribution in [-0.4, -0.2) is 41.0 Å². The van der Waals surface area contributed by atoms with E-state index in [-0.39, 0.29) is 10.8 Å². The van der Waals surface area contributed by atoms with E-state index in [2.05, 4.69) is 25.6 Å². The molecule has 1 atom stereocenters. The summed E-state index contributed by atoms with van der Waals surface area (Å²) in [7, 11) is -2.13.